The average molecular weight is 418 g/mol. The Balaban J connectivity index is 1.61. The molecule has 2 bridgehead atoms. The van der Waals surface area contributed by atoms with Gasteiger partial charge in [0, 0.05) is 16.3 Å². The summed E-state index contributed by atoms with van der Waals surface area (Å²) >= 11 is 3.54. The van der Waals surface area contributed by atoms with Crippen LogP contribution in [-0.4, -0.2) is 5.91 Å². The second-order valence-electron chi connectivity index (χ2n) is 7.57. The van der Waals surface area contributed by atoms with E-state index in [1.807, 2.05) is 24.3 Å². The maximum Gasteiger partial charge on any atom is 0.228 e. The van der Waals surface area contributed by atoms with Gasteiger partial charge in [-0.2, -0.15) is 0 Å². The Morgan fingerprint density at radius 2 is 1.26 bits per heavy atom. The molecule has 2 nitrogen and oxygen atoms in total. The lowest BCUT2D eigenvalue weighted by Crippen LogP contribution is -2.44. The van der Waals surface area contributed by atoms with Gasteiger partial charge in [0.05, 0.1) is 11.6 Å². The molecule has 1 amide bonds. The highest BCUT2D eigenvalue weighted by atomic mass is 79.9. The highest BCUT2D eigenvalue weighted by Gasteiger charge is 2.50. The number of halogens is 1. The van der Waals surface area contributed by atoms with Gasteiger partial charge in [0.1, 0.15) is 0 Å². The molecule has 3 aromatic rings. The number of carbonyl (C=O) groups is 1. The molecular weight excluding hydrogens is 398 g/mol. The molecule has 2 atom stereocenters. The molecule has 3 aromatic carbocycles. The summed E-state index contributed by atoms with van der Waals surface area (Å²) in [4.78, 5) is 13.4. The number of benzene rings is 3. The zero-order valence-electron chi connectivity index (χ0n) is 15.0. The molecule has 6 rings (SSSR count). The highest BCUT2D eigenvalue weighted by Crippen LogP contribution is 2.58. The van der Waals surface area contributed by atoms with E-state index in [9.17, 15) is 4.79 Å². The van der Waals surface area contributed by atoms with E-state index in [4.69, 9.17) is 0 Å². The third-order valence-corrected chi connectivity index (χ3v) is 6.91. The molecule has 3 heteroatoms. The SMILES string of the molecule is C[C@H]1C2c3ccccc3C(c3ccccc32)[C@H]1C(=O)Nc1ccccc1Br. The van der Waals surface area contributed by atoms with Crippen molar-refractivity contribution >= 4 is 27.5 Å². The van der Waals surface area contributed by atoms with Crippen LogP contribution in [0.25, 0.3) is 0 Å². The average Bonchev–Trinajstić information content (AvgIpc) is 2.69. The first-order valence-corrected chi connectivity index (χ1v) is 10.2. The third-order valence-electron chi connectivity index (χ3n) is 6.22. The summed E-state index contributed by atoms with van der Waals surface area (Å²) in [5.41, 5.74) is 6.23. The number of hydrogen-bond acceptors (Lipinski definition) is 1. The van der Waals surface area contributed by atoms with E-state index in [2.05, 4.69) is 76.7 Å². The van der Waals surface area contributed by atoms with Gasteiger partial charge in [0.2, 0.25) is 5.91 Å². The largest absolute Gasteiger partial charge is 0.325 e. The zero-order chi connectivity index (χ0) is 18.5. The number of anilines is 1. The Hall–Kier alpha value is -2.39. The number of fused-ring (bicyclic) bond motifs is 1. The summed E-state index contributed by atoms with van der Waals surface area (Å²) < 4.78 is 0.910. The van der Waals surface area contributed by atoms with Crippen molar-refractivity contribution in [2.45, 2.75) is 18.8 Å². The maximum atomic E-state index is 13.4. The molecule has 0 aliphatic heterocycles. The smallest absolute Gasteiger partial charge is 0.228 e. The van der Waals surface area contributed by atoms with Gasteiger partial charge < -0.3 is 5.32 Å². The Kier molecular flexibility index (Phi) is 3.94. The van der Waals surface area contributed by atoms with Gasteiger partial charge in [0.15, 0.2) is 0 Å². The van der Waals surface area contributed by atoms with Crippen molar-refractivity contribution in [3.8, 4) is 0 Å². The van der Waals surface area contributed by atoms with Crippen molar-refractivity contribution < 1.29 is 4.79 Å². The van der Waals surface area contributed by atoms with Crippen LogP contribution in [0.15, 0.2) is 77.3 Å². The van der Waals surface area contributed by atoms with Gasteiger partial charge in [0.25, 0.3) is 0 Å². The molecule has 134 valence electrons. The molecule has 1 N–H and O–H groups in total. The normalized spacial score (nSPS) is 24.8. The minimum Gasteiger partial charge on any atom is -0.325 e. The van der Waals surface area contributed by atoms with Crippen molar-refractivity contribution in [3.05, 3.63) is 99.5 Å². The van der Waals surface area contributed by atoms with Gasteiger partial charge in [-0.15, -0.1) is 0 Å². The lowest BCUT2D eigenvalue weighted by atomic mass is 9.54. The van der Waals surface area contributed by atoms with Gasteiger partial charge in [-0.05, 0) is 56.2 Å². The van der Waals surface area contributed by atoms with E-state index >= 15 is 0 Å². The van der Waals surface area contributed by atoms with E-state index < -0.39 is 0 Å². The van der Waals surface area contributed by atoms with E-state index in [0.717, 1.165) is 10.2 Å². The Morgan fingerprint density at radius 3 is 1.81 bits per heavy atom. The molecule has 0 fully saturated rings. The molecule has 0 spiro atoms. The first-order chi connectivity index (χ1) is 13.2. The van der Waals surface area contributed by atoms with Gasteiger partial charge in [-0.3, -0.25) is 4.79 Å². The number of nitrogens with one attached hydrogen (secondary N) is 1. The lowest BCUT2D eigenvalue weighted by Gasteiger charge is -2.49. The Bertz CT molecular complexity index is 996. The van der Waals surface area contributed by atoms with Crippen molar-refractivity contribution in [2.75, 3.05) is 5.32 Å². The Morgan fingerprint density at radius 1 is 0.778 bits per heavy atom. The van der Waals surface area contributed by atoms with Crippen LogP contribution in [0.4, 0.5) is 5.69 Å². The molecular formula is C24H20BrNO. The predicted octanol–water partition coefficient (Wildman–Crippen LogP) is 5.93. The van der Waals surface area contributed by atoms with E-state index in [1.165, 1.54) is 22.3 Å². The first-order valence-electron chi connectivity index (χ1n) is 9.40. The summed E-state index contributed by atoms with van der Waals surface area (Å²) in [6, 6.07) is 25.1. The van der Waals surface area contributed by atoms with Gasteiger partial charge >= 0.3 is 0 Å². The quantitative estimate of drug-likeness (QED) is 0.549. The van der Waals surface area contributed by atoms with Crippen LogP contribution in [0.1, 0.15) is 41.0 Å². The molecule has 0 aromatic heterocycles. The van der Waals surface area contributed by atoms with Crippen molar-refractivity contribution in [2.24, 2.45) is 11.8 Å². The monoisotopic (exact) mass is 417 g/mol. The summed E-state index contributed by atoms with van der Waals surface area (Å²) in [5.74, 6) is 0.667. The lowest BCUT2D eigenvalue weighted by molar-refractivity contribution is -0.122. The van der Waals surface area contributed by atoms with Crippen LogP contribution in [0.2, 0.25) is 0 Å². The van der Waals surface area contributed by atoms with Crippen LogP contribution in [-0.2, 0) is 4.79 Å². The number of rotatable bonds is 2. The molecule has 27 heavy (non-hydrogen) atoms. The van der Waals surface area contributed by atoms with Crippen LogP contribution < -0.4 is 5.32 Å². The molecule has 0 heterocycles. The van der Waals surface area contributed by atoms with Crippen molar-refractivity contribution in [3.63, 3.8) is 0 Å². The molecule has 3 aliphatic rings. The van der Waals surface area contributed by atoms with Crippen LogP contribution in [0, 0.1) is 11.8 Å². The standard InChI is InChI=1S/C24H20BrNO/c1-14-21-15-8-2-4-10-17(15)23(18-11-5-3-9-16(18)21)22(14)24(27)26-20-13-7-6-12-19(20)25/h2-14,21-23H,1H3,(H,26,27)/t14-,21?,22-,23?/m0/s1. The van der Waals surface area contributed by atoms with Crippen LogP contribution in [0.5, 0.6) is 0 Å². The first kappa shape index (κ1) is 16.8. The second kappa shape index (κ2) is 6.35. The molecule has 0 saturated heterocycles. The molecule has 0 radical (unpaired) electrons. The Labute approximate surface area is 167 Å². The van der Waals surface area contributed by atoms with E-state index in [0.29, 0.717) is 0 Å². The molecule has 0 unspecified atom stereocenters. The van der Waals surface area contributed by atoms with Crippen molar-refractivity contribution in [1.82, 2.24) is 0 Å². The fourth-order valence-electron chi connectivity index (χ4n) is 5.12. The summed E-state index contributed by atoms with van der Waals surface area (Å²) in [5, 5.41) is 3.17. The van der Waals surface area contributed by atoms with E-state index in [-0.39, 0.29) is 29.6 Å². The fraction of sp³-hybridized carbons (Fsp3) is 0.208. The summed E-state index contributed by atoms with van der Waals surface area (Å²) in [6.45, 7) is 2.23. The second-order valence-corrected chi connectivity index (χ2v) is 8.42. The predicted molar refractivity (Wildman–Crippen MR) is 112 cm³/mol. The fourth-order valence-corrected chi connectivity index (χ4v) is 5.51. The molecule has 0 saturated carbocycles. The van der Waals surface area contributed by atoms with E-state index in [1.54, 1.807) is 0 Å². The minimum atomic E-state index is -0.0769. The number of para-hydroxylation sites is 1. The van der Waals surface area contributed by atoms with Crippen LogP contribution in [0.3, 0.4) is 0 Å². The van der Waals surface area contributed by atoms with Gasteiger partial charge in [-0.25, -0.2) is 0 Å². The number of amides is 1. The molecule has 3 aliphatic carbocycles. The highest BCUT2D eigenvalue weighted by molar-refractivity contribution is 9.10. The van der Waals surface area contributed by atoms with Gasteiger partial charge in [-0.1, -0.05) is 67.6 Å². The topological polar surface area (TPSA) is 29.1 Å². The third kappa shape index (κ3) is 2.49. The number of carbonyl (C=O) groups excluding carboxylic acids is 1. The van der Waals surface area contributed by atoms with Crippen LogP contribution >= 0.6 is 15.9 Å². The summed E-state index contributed by atoms with van der Waals surface area (Å²) in [6.07, 6.45) is 0. The summed E-state index contributed by atoms with van der Waals surface area (Å²) in [7, 11) is 0. The number of hydrogen-bond donors (Lipinski definition) is 1. The maximum absolute atomic E-state index is 13.4. The minimum absolute atomic E-state index is 0.0769. The van der Waals surface area contributed by atoms with Crippen molar-refractivity contribution in [1.29, 1.82) is 0 Å². The zero-order valence-corrected chi connectivity index (χ0v) is 16.6.